The number of nitrogens with zero attached hydrogens (tertiary/aromatic N) is 1. The van der Waals surface area contributed by atoms with E-state index in [4.69, 9.17) is 0 Å². The number of aromatic nitrogens is 1. The summed E-state index contributed by atoms with van der Waals surface area (Å²) in [5.74, 6) is -0.0693. The minimum absolute atomic E-state index is 0.0693. The van der Waals surface area contributed by atoms with Gasteiger partial charge >= 0.3 is 0 Å². The minimum atomic E-state index is -0.0693. The van der Waals surface area contributed by atoms with Crippen LogP contribution in [-0.2, 0) is 0 Å². The Hall–Kier alpha value is -0.900. The first-order valence-corrected chi connectivity index (χ1v) is 6.68. The Balaban J connectivity index is 1.96. The molecule has 4 heteroatoms. The van der Waals surface area contributed by atoms with Gasteiger partial charge in [0.15, 0.2) is 0 Å². The Morgan fingerprint density at radius 2 is 2.29 bits per heavy atom. The number of rotatable bonds is 2. The van der Waals surface area contributed by atoms with E-state index in [0.717, 1.165) is 17.3 Å². The first kappa shape index (κ1) is 12.6. The fraction of sp³-hybridized carbons (Fsp3) is 0.538. The maximum atomic E-state index is 11.9. The van der Waals surface area contributed by atoms with Gasteiger partial charge in [0, 0.05) is 16.7 Å². The molecule has 0 aromatic carbocycles. The van der Waals surface area contributed by atoms with E-state index >= 15 is 0 Å². The topological polar surface area (TPSA) is 42.0 Å². The highest BCUT2D eigenvalue weighted by Gasteiger charge is 2.31. The van der Waals surface area contributed by atoms with Crippen LogP contribution >= 0.6 is 15.9 Å². The Kier molecular flexibility index (Phi) is 3.52. The van der Waals surface area contributed by atoms with E-state index in [1.54, 1.807) is 12.3 Å². The van der Waals surface area contributed by atoms with E-state index in [0.29, 0.717) is 17.2 Å². The second-order valence-corrected chi connectivity index (χ2v) is 6.35. The van der Waals surface area contributed by atoms with Crippen molar-refractivity contribution < 1.29 is 4.79 Å². The van der Waals surface area contributed by atoms with E-state index in [9.17, 15) is 4.79 Å². The Morgan fingerprint density at radius 1 is 1.53 bits per heavy atom. The zero-order valence-corrected chi connectivity index (χ0v) is 11.8. The standard InChI is InChI=1S/C13H17BrN2O/c1-13(2)6-5-10(7-13)16-12(17)11-4-3-9(14)8-15-11/h3-4,8,10H,5-7H2,1-2H3,(H,16,17). The molecule has 1 amide bonds. The third-order valence-electron chi connectivity index (χ3n) is 3.26. The number of nitrogens with one attached hydrogen (secondary N) is 1. The monoisotopic (exact) mass is 296 g/mol. The van der Waals surface area contributed by atoms with Crippen LogP contribution in [-0.4, -0.2) is 16.9 Å². The molecule has 1 aliphatic carbocycles. The second-order valence-electron chi connectivity index (χ2n) is 5.44. The molecule has 1 aromatic heterocycles. The van der Waals surface area contributed by atoms with Gasteiger partial charge in [0.2, 0.25) is 0 Å². The number of halogens is 1. The van der Waals surface area contributed by atoms with E-state index in [1.807, 2.05) is 6.07 Å². The van der Waals surface area contributed by atoms with Crippen molar-refractivity contribution in [2.45, 2.75) is 39.2 Å². The number of carbonyl (C=O) groups excluding carboxylic acids is 1. The fourth-order valence-corrected chi connectivity index (χ4v) is 2.56. The maximum Gasteiger partial charge on any atom is 0.270 e. The van der Waals surface area contributed by atoms with Crippen LogP contribution < -0.4 is 5.32 Å². The average Bonchev–Trinajstić information content (AvgIpc) is 2.59. The lowest BCUT2D eigenvalue weighted by molar-refractivity contribution is 0.0931. The van der Waals surface area contributed by atoms with Crippen LogP contribution in [0.5, 0.6) is 0 Å². The van der Waals surface area contributed by atoms with Gasteiger partial charge in [-0.3, -0.25) is 4.79 Å². The molecule has 0 aliphatic heterocycles. The summed E-state index contributed by atoms with van der Waals surface area (Å²) in [6, 6.07) is 3.86. The van der Waals surface area contributed by atoms with Crippen LogP contribution in [0.2, 0.25) is 0 Å². The van der Waals surface area contributed by atoms with Crippen molar-refractivity contribution >= 4 is 21.8 Å². The van der Waals surface area contributed by atoms with Crippen LogP contribution in [0, 0.1) is 5.41 Å². The van der Waals surface area contributed by atoms with Gasteiger partial charge in [0.1, 0.15) is 5.69 Å². The van der Waals surface area contributed by atoms with Crippen molar-refractivity contribution in [1.82, 2.24) is 10.3 Å². The van der Waals surface area contributed by atoms with Crippen LogP contribution in [0.25, 0.3) is 0 Å². The molecule has 1 aliphatic rings. The summed E-state index contributed by atoms with van der Waals surface area (Å²) in [5.41, 5.74) is 0.836. The van der Waals surface area contributed by atoms with Gasteiger partial charge in [0.05, 0.1) is 0 Å². The normalized spacial score (nSPS) is 22.4. The van der Waals surface area contributed by atoms with Gasteiger partial charge in [-0.2, -0.15) is 0 Å². The number of carbonyl (C=O) groups is 1. The summed E-state index contributed by atoms with van der Waals surface area (Å²) in [5, 5.41) is 3.05. The summed E-state index contributed by atoms with van der Waals surface area (Å²) < 4.78 is 0.885. The van der Waals surface area contributed by atoms with Gasteiger partial charge in [-0.15, -0.1) is 0 Å². The molecule has 0 saturated heterocycles. The molecule has 0 spiro atoms. The highest BCUT2D eigenvalue weighted by molar-refractivity contribution is 9.10. The van der Waals surface area contributed by atoms with Gasteiger partial charge in [-0.25, -0.2) is 4.98 Å². The second kappa shape index (κ2) is 4.77. The van der Waals surface area contributed by atoms with Gasteiger partial charge < -0.3 is 5.32 Å². The lowest BCUT2D eigenvalue weighted by atomic mass is 9.92. The SMILES string of the molecule is CC1(C)CCC(NC(=O)c2ccc(Br)cn2)C1. The van der Waals surface area contributed by atoms with E-state index in [-0.39, 0.29) is 5.91 Å². The van der Waals surface area contributed by atoms with Crippen molar-refractivity contribution in [3.05, 3.63) is 28.5 Å². The number of amides is 1. The first-order valence-electron chi connectivity index (χ1n) is 5.89. The number of hydrogen-bond acceptors (Lipinski definition) is 2. The molecule has 1 heterocycles. The predicted octanol–water partition coefficient (Wildman–Crippen LogP) is 3.15. The lowest BCUT2D eigenvalue weighted by Crippen LogP contribution is -2.33. The molecule has 0 radical (unpaired) electrons. The summed E-state index contributed by atoms with van der Waals surface area (Å²) in [6.45, 7) is 4.49. The van der Waals surface area contributed by atoms with Gasteiger partial charge in [0.25, 0.3) is 5.91 Å². The van der Waals surface area contributed by atoms with Crippen molar-refractivity contribution in [3.8, 4) is 0 Å². The van der Waals surface area contributed by atoms with Crippen molar-refractivity contribution in [1.29, 1.82) is 0 Å². The zero-order valence-electron chi connectivity index (χ0n) is 10.2. The van der Waals surface area contributed by atoms with Crippen molar-refractivity contribution in [2.24, 2.45) is 5.41 Å². The largest absolute Gasteiger partial charge is 0.348 e. The molecule has 1 aromatic rings. The molecule has 0 bridgehead atoms. The highest BCUT2D eigenvalue weighted by atomic mass is 79.9. The van der Waals surface area contributed by atoms with E-state index < -0.39 is 0 Å². The number of hydrogen-bond donors (Lipinski definition) is 1. The predicted molar refractivity (Wildman–Crippen MR) is 70.8 cm³/mol. The smallest absolute Gasteiger partial charge is 0.270 e. The van der Waals surface area contributed by atoms with E-state index in [1.165, 1.54) is 6.42 Å². The minimum Gasteiger partial charge on any atom is -0.348 e. The third-order valence-corrected chi connectivity index (χ3v) is 3.73. The lowest BCUT2D eigenvalue weighted by Gasteiger charge is -2.17. The van der Waals surface area contributed by atoms with E-state index in [2.05, 4.69) is 40.1 Å². The number of pyridine rings is 1. The molecule has 1 atom stereocenters. The third kappa shape index (κ3) is 3.28. The summed E-state index contributed by atoms with van der Waals surface area (Å²) in [7, 11) is 0. The van der Waals surface area contributed by atoms with Crippen molar-refractivity contribution in [3.63, 3.8) is 0 Å². The fourth-order valence-electron chi connectivity index (χ4n) is 2.33. The summed E-state index contributed by atoms with van der Waals surface area (Å²) in [6.07, 6.45) is 4.93. The van der Waals surface area contributed by atoms with Gasteiger partial charge in [-0.05, 0) is 52.7 Å². The molecule has 1 fully saturated rings. The van der Waals surface area contributed by atoms with Gasteiger partial charge in [-0.1, -0.05) is 13.8 Å². The van der Waals surface area contributed by atoms with Crippen LogP contribution in [0.1, 0.15) is 43.6 Å². The quantitative estimate of drug-likeness (QED) is 0.911. The molecule has 17 heavy (non-hydrogen) atoms. The molecule has 92 valence electrons. The average molecular weight is 297 g/mol. The van der Waals surface area contributed by atoms with Crippen molar-refractivity contribution in [2.75, 3.05) is 0 Å². The zero-order chi connectivity index (χ0) is 12.5. The Morgan fingerprint density at radius 3 is 2.82 bits per heavy atom. The highest BCUT2D eigenvalue weighted by Crippen LogP contribution is 2.36. The molecule has 1 saturated carbocycles. The molecule has 3 nitrogen and oxygen atoms in total. The summed E-state index contributed by atoms with van der Waals surface area (Å²) >= 11 is 3.30. The molecular formula is C13H17BrN2O. The first-order chi connectivity index (χ1) is 7.96. The summed E-state index contributed by atoms with van der Waals surface area (Å²) in [4.78, 5) is 16.0. The molecule has 1 unspecified atom stereocenters. The molecule has 1 N–H and O–H groups in total. The Bertz CT molecular complexity index is 414. The maximum absolute atomic E-state index is 11.9. The van der Waals surface area contributed by atoms with Crippen LogP contribution in [0.15, 0.2) is 22.8 Å². The molecule has 2 rings (SSSR count). The van der Waals surface area contributed by atoms with Crippen LogP contribution in [0.3, 0.4) is 0 Å². The molecular weight excluding hydrogens is 280 g/mol. The van der Waals surface area contributed by atoms with Crippen LogP contribution in [0.4, 0.5) is 0 Å². The Labute approximate surface area is 110 Å².